The Morgan fingerprint density at radius 3 is 2.50 bits per heavy atom. The Morgan fingerprint density at radius 2 is 1.95 bits per heavy atom. The van der Waals surface area contributed by atoms with Gasteiger partial charge in [0.15, 0.2) is 6.61 Å². The third-order valence-electron chi connectivity index (χ3n) is 2.33. The van der Waals surface area contributed by atoms with Crippen molar-refractivity contribution in [3.63, 3.8) is 0 Å². The number of rotatable bonds is 4. The summed E-state index contributed by atoms with van der Waals surface area (Å²) in [5, 5.41) is 12.7. The van der Waals surface area contributed by atoms with Crippen LogP contribution in [0, 0.1) is 0 Å². The summed E-state index contributed by atoms with van der Waals surface area (Å²) >= 11 is 0. The summed E-state index contributed by atoms with van der Waals surface area (Å²) < 4.78 is 42.2. The Labute approximate surface area is 111 Å². The molecule has 0 spiro atoms. The van der Waals surface area contributed by atoms with Crippen molar-refractivity contribution in [2.24, 2.45) is 0 Å². The van der Waals surface area contributed by atoms with Crippen LogP contribution in [0.3, 0.4) is 0 Å². The zero-order valence-electron chi connectivity index (χ0n) is 9.96. The number of aromatic nitrogens is 2. The molecule has 0 unspecified atom stereocenters. The first-order valence-electron chi connectivity index (χ1n) is 5.45. The van der Waals surface area contributed by atoms with Gasteiger partial charge in [0.2, 0.25) is 5.88 Å². The molecule has 8 heteroatoms. The minimum absolute atomic E-state index is 0.400. The lowest BCUT2D eigenvalue weighted by molar-refractivity contribution is -0.154. The minimum Gasteiger partial charge on any atom is -0.477 e. The average Bonchev–Trinajstić information content (AvgIpc) is 2.80. The van der Waals surface area contributed by atoms with E-state index in [0.717, 1.165) is 10.9 Å². The van der Waals surface area contributed by atoms with E-state index in [2.05, 4.69) is 9.84 Å². The molecule has 0 radical (unpaired) electrons. The molecule has 2 aromatic rings. The highest BCUT2D eigenvalue weighted by atomic mass is 19.4. The van der Waals surface area contributed by atoms with Crippen molar-refractivity contribution in [1.29, 1.82) is 0 Å². The van der Waals surface area contributed by atoms with Crippen molar-refractivity contribution in [1.82, 2.24) is 9.78 Å². The van der Waals surface area contributed by atoms with Crippen LogP contribution in [-0.4, -0.2) is 33.6 Å². The van der Waals surface area contributed by atoms with Crippen LogP contribution in [0.5, 0.6) is 5.88 Å². The monoisotopic (exact) mass is 286 g/mol. The Balaban J connectivity index is 2.40. The second-order valence-electron chi connectivity index (χ2n) is 3.82. The third kappa shape index (κ3) is 3.08. The largest absolute Gasteiger partial charge is 0.477 e. The van der Waals surface area contributed by atoms with E-state index in [1.54, 1.807) is 30.3 Å². The number of hydrogen-bond acceptors (Lipinski definition) is 3. The molecule has 0 aliphatic heterocycles. The van der Waals surface area contributed by atoms with Crippen molar-refractivity contribution in [2.75, 3.05) is 6.61 Å². The molecule has 1 N–H and O–H groups in total. The Kier molecular flexibility index (Phi) is 3.64. The summed E-state index contributed by atoms with van der Waals surface area (Å²) in [5.41, 5.74) is -0.0322. The zero-order chi connectivity index (χ0) is 14.8. The van der Waals surface area contributed by atoms with E-state index in [1.807, 2.05) is 0 Å². The number of nitrogens with zero attached hydrogens (tertiary/aromatic N) is 2. The highest BCUT2D eigenvalue weighted by Gasteiger charge is 2.31. The molecule has 0 atom stereocenters. The molecule has 0 amide bonds. The molecule has 20 heavy (non-hydrogen) atoms. The molecule has 0 bridgehead atoms. The molecule has 106 valence electrons. The fourth-order valence-corrected chi connectivity index (χ4v) is 1.53. The molecule has 0 aliphatic rings. The Morgan fingerprint density at radius 1 is 1.30 bits per heavy atom. The van der Waals surface area contributed by atoms with Crippen LogP contribution in [0.2, 0.25) is 0 Å². The number of aromatic carboxylic acids is 1. The maximum absolute atomic E-state index is 12.2. The van der Waals surface area contributed by atoms with E-state index in [-0.39, 0.29) is 0 Å². The van der Waals surface area contributed by atoms with Gasteiger partial charge in [-0.15, -0.1) is 0 Å². The predicted molar refractivity (Wildman–Crippen MR) is 62.1 cm³/mol. The summed E-state index contributed by atoms with van der Waals surface area (Å²) in [6, 6.07) is 8.13. The first-order valence-corrected chi connectivity index (χ1v) is 5.45. The fourth-order valence-electron chi connectivity index (χ4n) is 1.53. The minimum atomic E-state index is -4.57. The van der Waals surface area contributed by atoms with Gasteiger partial charge in [0.05, 0.1) is 11.9 Å². The number of carbonyl (C=O) groups is 1. The van der Waals surface area contributed by atoms with Gasteiger partial charge in [-0.1, -0.05) is 18.2 Å². The van der Waals surface area contributed by atoms with Crippen molar-refractivity contribution in [2.45, 2.75) is 6.18 Å². The van der Waals surface area contributed by atoms with Gasteiger partial charge in [0.25, 0.3) is 0 Å². The summed E-state index contributed by atoms with van der Waals surface area (Å²) in [6.07, 6.45) is -3.62. The smallest absolute Gasteiger partial charge is 0.422 e. The summed E-state index contributed by atoms with van der Waals surface area (Å²) in [4.78, 5) is 11.0. The number of alkyl halides is 3. The quantitative estimate of drug-likeness (QED) is 0.938. The lowest BCUT2D eigenvalue weighted by Crippen LogP contribution is -2.21. The molecule has 2 rings (SSSR count). The van der Waals surface area contributed by atoms with Crippen LogP contribution < -0.4 is 4.74 Å². The Bertz CT molecular complexity index is 608. The van der Waals surface area contributed by atoms with E-state index in [9.17, 15) is 18.0 Å². The number of carboxylic acids is 1. The van der Waals surface area contributed by atoms with Gasteiger partial charge in [-0.25, -0.2) is 9.48 Å². The average molecular weight is 286 g/mol. The molecule has 1 aromatic carbocycles. The van der Waals surface area contributed by atoms with Crippen molar-refractivity contribution in [3.05, 3.63) is 42.1 Å². The number of carboxylic acid groups (broad SMARTS) is 1. The number of hydrogen-bond donors (Lipinski definition) is 1. The molecular formula is C12H9F3N2O3. The predicted octanol–water partition coefficient (Wildman–Crippen LogP) is 2.51. The summed E-state index contributed by atoms with van der Waals surface area (Å²) in [6.45, 7) is -1.59. The topological polar surface area (TPSA) is 64.3 Å². The Hall–Kier alpha value is -2.51. The van der Waals surface area contributed by atoms with E-state index < -0.39 is 30.2 Å². The molecule has 1 aromatic heterocycles. The molecule has 0 fully saturated rings. The van der Waals surface area contributed by atoms with Gasteiger partial charge in [-0.05, 0) is 12.1 Å². The number of ether oxygens (including phenoxy) is 1. The number of halogens is 3. The first-order chi connectivity index (χ1) is 9.38. The molecule has 0 saturated carbocycles. The van der Waals surface area contributed by atoms with Gasteiger partial charge >= 0.3 is 12.1 Å². The van der Waals surface area contributed by atoms with Gasteiger partial charge in [0.1, 0.15) is 5.56 Å². The van der Waals surface area contributed by atoms with E-state index in [1.165, 1.54) is 0 Å². The molecule has 0 saturated heterocycles. The standard InChI is InChI=1S/C12H9F3N2O3/c13-12(14,15)7-20-10-9(11(18)19)6-16-17(10)8-4-2-1-3-5-8/h1-6H,7H2,(H,18,19). The van der Waals surface area contributed by atoms with Crippen LogP contribution in [0.15, 0.2) is 36.5 Å². The van der Waals surface area contributed by atoms with Crippen LogP contribution in [0.1, 0.15) is 10.4 Å². The van der Waals surface area contributed by atoms with Crippen molar-refractivity contribution >= 4 is 5.97 Å². The maximum atomic E-state index is 12.2. The number of para-hydroxylation sites is 1. The van der Waals surface area contributed by atoms with E-state index in [0.29, 0.717) is 5.69 Å². The van der Waals surface area contributed by atoms with Gasteiger partial charge in [-0.2, -0.15) is 18.3 Å². The van der Waals surface area contributed by atoms with Crippen molar-refractivity contribution < 1.29 is 27.8 Å². The summed E-state index contributed by atoms with van der Waals surface area (Å²) in [7, 11) is 0. The van der Waals surface area contributed by atoms with Gasteiger partial charge in [-0.3, -0.25) is 0 Å². The van der Waals surface area contributed by atoms with Crippen LogP contribution in [0.4, 0.5) is 13.2 Å². The maximum Gasteiger partial charge on any atom is 0.422 e. The molecule has 5 nitrogen and oxygen atoms in total. The summed E-state index contributed by atoms with van der Waals surface area (Å²) in [5.74, 6) is -1.87. The third-order valence-corrected chi connectivity index (χ3v) is 2.33. The van der Waals surface area contributed by atoms with Gasteiger partial charge < -0.3 is 9.84 Å². The van der Waals surface area contributed by atoms with Crippen LogP contribution in [0.25, 0.3) is 5.69 Å². The van der Waals surface area contributed by atoms with E-state index in [4.69, 9.17) is 5.11 Å². The lowest BCUT2D eigenvalue weighted by atomic mass is 10.3. The zero-order valence-corrected chi connectivity index (χ0v) is 9.96. The number of benzene rings is 1. The van der Waals surface area contributed by atoms with Crippen LogP contribution in [-0.2, 0) is 0 Å². The molecule has 1 heterocycles. The second-order valence-corrected chi connectivity index (χ2v) is 3.82. The van der Waals surface area contributed by atoms with Crippen LogP contribution >= 0.6 is 0 Å². The first kappa shape index (κ1) is 13.9. The normalized spacial score (nSPS) is 11.3. The molecule has 0 aliphatic carbocycles. The fraction of sp³-hybridized carbons (Fsp3) is 0.167. The second kappa shape index (κ2) is 5.24. The molecular weight excluding hydrogens is 277 g/mol. The highest BCUT2D eigenvalue weighted by molar-refractivity contribution is 5.90. The van der Waals surface area contributed by atoms with Crippen molar-refractivity contribution in [3.8, 4) is 11.6 Å². The SMILES string of the molecule is O=C(O)c1cnn(-c2ccccc2)c1OCC(F)(F)F. The highest BCUT2D eigenvalue weighted by Crippen LogP contribution is 2.25. The van der Waals surface area contributed by atoms with Gasteiger partial charge in [0, 0.05) is 0 Å². The van der Waals surface area contributed by atoms with E-state index >= 15 is 0 Å². The lowest BCUT2D eigenvalue weighted by Gasteiger charge is -2.12.